The Balaban J connectivity index is 2.38. The van der Waals surface area contributed by atoms with Gasteiger partial charge >= 0.3 is 5.97 Å². The molecule has 1 aliphatic rings. The molecule has 1 fully saturated rings. The van der Waals surface area contributed by atoms with E-state index < -0.39 is 5.41 Å². The molecule has 0 aromatic heterocycles. The summed E-state index contributed by atoms with van der Waals surface area (Å²) in [6.07, 6.45) is 0.184. The first-order valence-electron chi connectivity index (χ1n) is 8.40. The van der Waals surface area contributed by atoms with Crippen molar-refractivity contribution in [2.45, 2.75) is 51.7 Å². The number of carbonyl (C=O) groups is 1. The molecule has 0 bridgehead atoms. The van der Waals surface area contributed by atoms with Crippen LogP contribution in [0.3, 0.4) is 0 Å². The van der Waals surface area contributed by atoms with Gasteiger partial charge in [0.2, 0.25) is 0 Å². The fourth-order valence-corrected chi connectivity index (χ4v) is 3.27. The highest BCUT2D eigenvalue weighted by atomic mass is 16.6. The number of anilines is 1. The molecule has 2 rings (SSSR count). The van der Waals surface area contributed by atoms with Crippen molar-refractivity contribution in [1.82, 2.24) is 0 Å². The van der Waals surface area contributed by atoms with Crippen molar-refractivity contribution in [2.24, 2.45) is 0 Å². The zero-order valence-electron chi connectivity index (χ0n) is 15.4. The van der Waals surface area contributed by atoms with E-state index in [-0.39, 0.29) is 35.2 Å². The number of carbonyl (C=O) groups excluding carboxylic acids is 1. The zero-order valence-corrected chi connectivity index (χ0v) is 15.4. The minimum atomic E-state index is -0.554. The number of benzene rings is 1. The summed E-state index contributed by atoms with van der Waals surface area (Å²) in [6, 6.07) is 5.20. The summed E-state index contributed by atoms with van der Waals surface area (Å²) in [5.74, 6) is -0.340. The number of nitro groups is 1. The summed E-state index contributed by atoms with van der Waals surface area (Å²) >= 11 is 0. The van der Waals surface area contributed by atoms with E-state index in [1.165, 1.54) is 7.11 Å². The van der Waals surface area contributed by atoms with Crippen LogP contribution in [0.2, 0.25) is 0 Å². The Morgan fingerprint density at radius 3 is 2.48 bits per heavy atom. The van der Waals surface area contributed by atoms with Gasteiger partial charge in [-0.15, -0.1) is 0 Å². The largest absolute Gasteiger partial charge is 0.469 e. The van der Waals surface area contributed by atoms with Crippen molar-refractivity contribution in [3.05, 3.63) is 33.9 Å². The van der Waals surface area contributed by atoms with Crippen molar-refractivity contribution in [1.29, 1.82) is 0 Å². The van der Waals surface area contributed by atoms with Crippen LogP contribution in [0, 0.1) is 10.1 Å². The lowest BCUT2D eigenvalue weighted by atomic mass is 9.81. The zero-order chi connectivity index (χ0) is 18.8. The Hall–Kier alpha value is -2.15. The van der Waals surface area contributed by atoms with E-state index in [2.05, 4.69) is 0 Å². The van der Waals surface area contributed by atoms with Gasteiger partial charge in [0.15, 0.2) is 0 Å². The molecule has 1 aliphatic heterocycles. The second kappa shape index (κ2) is 7.39. The molecule has 0 spiro atoms. The van der Waals surface area contributed by atoms with Crippen molar-refractivity contribution < 1.29 is 19.2 Å². The molecule has 0 radical (unpaired) electrons. The van der Waals surface area contributed by atoms with Gasteiger partial charge in [0, 0.05) is 24.6 Å². The van der Waals surface area contributed by atoms with Gasteiger partial charge in [0.25, 0.3) is 5.69 Å². The molecule has 2 atom stereocenters. The summed E-state index contributed by atoms with van der Waals surface area (Å²) in [4.78, 5) is 24.9. The average molecular weight is 350 g/mol. The van der Waals surface area contributed by atoms with Crippen molar-refractivity contribution in [2.75, 3.05) is 25.1 Å². The third kappa shape index (κ3) is 4.48. The van der Waals surface area contributed by atoms with Gasteiger partial charge in [-0.3, -0.25) is 14.9 Å². The minimum absolute atomic E-state index is 0.0128. The second-order valence-corrected chi connectivity index (χ2v) is 7.26. The molecule has 0 unspecified atom stereocenters. The smallest absolute Gasteiger partial charge is 0.306 e. The normalized spacial score (nSPS) is 21.1. The van der Waals surface area contributed by atoms with Crippen molar-refractivity contribution in [3.63, 3.8) is 0 Å². The molecular weight excluding hydrogens is 324 g/mol. The fourth-order valence-electron chi connectivity index (χ4n) is 3.27. The third-order valence-electron chi connectivity index (χ3n) is 4.53. The molecule has 0 amide bonds. The highest BCUT2D eigenvalue weighted by Gasteiger charge is 2.31. The Morgan fingerprint density at radius 2 is 1.96 bits per heavy atom. The van der Waals surface area contributed by atoms with Crippen LogP contribution in [-0.2, 0) is 19.7 Å². The van der Waals surface area contributed by atoms with Crippen LogP contribution >= 0.6 is 0 Å². The molecule has 25 heavy (non-hydrogen) atoms. The van der Waals surface area contributed by atoms with E-state index in [1.54, 1.807) is 12.1 Å². The van der Waals surface area contributed by atoms with Crippen LogP contribution in [-0.4, -0.2) is 43.3 Å². The Labute approximate surface area is 148 Å². The maximum absolute atomic E-state index is 11.6. The van der Waals surface area contributed by atoms with E-state index in [0.29, 0.717) is 18.8 Å². The third-order valence-corrected chi connectivity index (χ3v) is 4.53. The quantitative estimate of drug-likeness (QED) is 0.461. The van der Waals surface area contributed by atoms with E-state index >= 15 is 0 Å². The van der Waals surface area contributed by atoms with Gasteiger partial charge in [-0.2, -0.15) is 0 Å². The van der Waals surface area contributed by atoms with Crippen LogP contribution in [0.5, 0.6) is 0 Å². The van der Waals surface area contributed by atoms with E-state index in [9.17, 15) is 14.9 Å². The fraction of sp³-hybridized carbons (Fsp3) is 0.611. The Kier molecular flexibility index (Phi) is 5.67. The number of hydrogen-bond acceptors (Lipinski definition) is 6. The summed E-state index contributed by atoms with van der Waals surface area (Å²) in [5.41, 5.74) is 0.825. The maximum Gasteiger partial charge on any atom is 0.306 e. The van der Waals surface area contributed by atoms with Gasteiger partial charge in [-0.1, -0.05) is 19.9 Å². The maximum atomic E-state index is 11.6. The molecule has 1 heterocycles. The monoisotopic (exact) mass is 350 g/mol. The first kappa shape index (κ1) is 19.2. The number of ether oxygens (including phenoxy) is 2. The first-order valence-corrected chi connectivity index (χ1v) is 8.40. The van der Waals surface area contributed by atoms with Crippen LogP contribution in [0.4, 0.5) is 11.4 Å². The number of hydrogen-bond donors (Lipinski definition) is 0. The first-order chi connectivity index (χ1) is 11.6. The number of morpholine rings is 1. The van der Waals surface area contributed by atoms with Gasteiger partial charge < -0.3 is 14.4 Å². The van der Waals surface area contributed by atoms with Gasteiger partial charge in [0.1, 0.15) is 5.69 Å². The number of nitrogens with zero attached hydrogens (tertiary/aromatic N) is 2. The summed E-state index contributed by atoms with van der Waals surface area (Å²) in [7, 11) is 1.34. The molecule has 7 heteroatoms. The molecule has 0 saturated carbocycles. The number of nitro benzene ring substituents is 1. The van der Waals surface area contributed by atoms with E-state index in [4.69, 9.17) is 9.47 Å². The second-order valence-electron chi connectivity index (χ2n) is 7.26. The molecular formula is C18H26N2O5. The average Bonchev–Trinajstić information content (AvgIpc) is 2.52. The van der Waals surface area contributed by atoms with Crippen LogP contribution in [0.1, 0.15) is 39.7 Å². The lowest BCUT2D eigenvalue weighted by Gasteiger charge is -2.36. The molecule has 0 aliphatic carbocycles. The number of esters is 1. The van der Waals surface area contributed by atoms with Gasteiger partial charge in [-0.05, 0) is 25.5 Å². The van der Waals surface area contributed by atoms with E-state index in [0.717, 1.165) is 5.56 Å². The Morgan fingerprint density at radius 1 is 1.36 bits per heavy atom. The van der Waals surface area contributed by atoms with Crippen LogP contribution in [0.25, 0.3) is 0 Å². The highest BCUT2D eigenvalue weighted by Crippen LogP contribution is 2.36. The topological polar surface area (TPSA) is 81.9 Å². The molecule has 138 valence electrons. The van der Waals surface area contributed by atoms with Gasteiger partial charge in [0.05, 0.1) is 30.7 Å². The molecule has 1 aromatic carbocycles. The predicted molar refractivity (Wildman–Crippen MR) is 95.0 cm³/mol. The number of rotatable bonds is 5. The molecule has 1 saturated heterocycles. The lowest BCUT2D eigenvalue weighted by Crippen LogP contribution is -2.45. The number of methoxy groups -OCH3 is 1. The van der Waals surface area contributed by atoms with E-state index in [1.807, 2.05) is 38.7 Å². The SMILES string of the molecule is COC(=O)CC(C)(C)c1ccc(N2C[C@@H](C)O[C@@H](C)C2)c([N+](=O)[O-])c1. The predicted octanol–water partition coefficient (Wildman–Crippen LogP) is 3.05. The van der Waals surface area contributed by atoms with Crippen LogP contribution in [0.15, 0.2) is 18.2 Å². The van der Waals surface area contributed by atoms with Gasteiger partial charge in [-0.25, -0.2) is 0 Å². The molecule has 0 N–H and O–H groups in total. The summed E-state index contributed by atoms with van der Waals surface area (Å²) in [5, 5.41) is 11.6. The molecule has 1 aromatic rings. The van der Waals surface area contributed by atoms with Crippen LogP contribution < -0.4 is 4.90 Å². The minimum Gasteiger partial charge on any atom is -0.469 e. The highest BCUT2D eigenvalue weighted by molar-refractivity contribution is 5.72. The lowest BCUT2D eigenvalue weighted by molar-refractivity contribution is -0.384. The van der Waals surface area contributed by atoms with Crippen molar-refractivity contribution in [3.8, 4) is 0 Å². The Bertz CT molecular complexity index is 649. The summed E-state index contributed by atoms with van der Waals surface area (Å²) in [6.45, 7) is 8.89. The summed E-state index contributed by atoms with van der Waals surface area (Å²) < 4.78 is 10.4. The van der Waals surface area contributed by atoms with Crippen molar-refractivity contribution >= 4 is 17.3 Å². The standard InChI is InChI=1S/C18H26N2O5/c1-12-10-19(11-13(2)25-12)15-7-6-14(8-16(15)20(22)23)18(3,4)9-17(21)24-5/h6-8,12-13H,9-11H2,1-5H3/t12-,13+. The molecule has 7 nitrogen and oxygen atoms in total.